The number of anilines is 1. The molecule has 0 spiro atoms. The van der Waals surface area contributed by atoms with E-state index in [1.165, 1.54) is 0 Å². The molecule has 6 nitrogen and oxygen atoms in total. The van der Waals surface area contributed by atoms with Crippen LogP contribution in [0.5, 0.6) is 5.75 Å². The zero-order valence-electron chi connectivity index (χ0n) is 16.7. The smallest absolute Gasteiger partial charge is 0.151 e. The molecule has 1 aliphatic carbocycles. The maximum atomic E-state index is 14.7. The molecule has 3 atom stereocenters. The number of aromatic nitrogens is 3. The predicted molar refractivity (Wildman–Crippen MR) is 113 cm³/mol. The van der Waals surface area contributed by atoms with Crippen LogP contribution < -0.4 is 10.2 Å². The van der Waals surface area contributed by atoms with Gasteiger partial charge in [0, 0.05) is 30.2 Å². The van der Waals surface area contributed by atoms with Gasteiger partial charge in [0.25, 0.3) is 0 Å². The lowest BCUT2D eigenvalue weighted by atomic mass is 10.0. The third-order valence-electron chi connectivity index (χ3n) is 5.89. The number of fused-ring (bicyclic) bond motifs is 1. The molecule has 0 radical (unpaired) electrons. The molecule has 2 heterocycles. The third-order valence-corrected chi connectivity index (χ3v) is 5.89. The Kier molecular flexibility index (Phi) is 5.58. The molecular weight excluding hydrogens is 369 g/mol. The number of hydrogen-bond donors (Lipinski definition) is 2. The summed E-state index contributed by atoms with van der Waals surface area (Å²) in [6, 6.07) is 10.9. The van der Waals surface area contributed by atoms with Crippen LogP contribution in [0.3, 0.4) is 0 Å². The minimum atomic E-state index is -0.893. The lowest BCUT2D eigenvalue weighted by Gasteiger charge is -2.31. The fourth-order valence-electron chi connectivity index (χ4n) is 4.11. The Morgan fingerprint density at radius 3 is 2.79 bits per heavy atom. The Labute approximate surface area is 169 Å². The average molecular weight is 395 g/mol. The first-order chi connectivity index (χ1) is 14.1. The SMILES string of the molecule is CN[C@H]1CCC[C@@H](F)[C@@H](N(C)c2ccc(-c3cc4ncccc4cc3O)nn2)C1. The summed E-state index contributed by atoms with van der Waals surface area (Å²) < 4.78 is 14.7. The van der Waals surface area contributed by atoms with E-state index in [9.17, 15) is 9.50 Å². The van der Waals surface area contributed by atoms with Crippen molar-refractivity contribution in [3.05, 3.63) is 42.6 Å². The highest BCUT2D eigenvalue weighted by Crippen LogP contribution is 2.32. The summed E-state index contributed by atoms with van der Waals surface area (Å²) in [6.07, 6.45) is 3.99. The Bertz CT molecular complexity index is 981. The Morgan fingerprint density at radius 1 is 1.17 bits per heavy atom. The normalized spacial score (nSPS) is 22.4. The van der Waals surface area contributed by atoms with Crippen molar-refractivity contribution in [2.45, 2.75) is 43.9 Å². The molecule has 152 valence electrons. The molecular formula is C22H26FN5O. The van der Waals surface area contributed by atoms with Crippen LogP contribution in [0.1, 0.15) is 25.7 Å². The highest BCUT2D eigenvalue weighted by Gasteiger charge is 2.31. The van der Waals surface area contributed by atoms with Crippen LogP contribution >= 0.6 is 0 Å². The molecule has 1 fully saturated rings. The second-order valence-electron chi connectivity index (χ2n) is 7.69. The quantitative estimate of drug-likeness (QED) is 0.656. The molecule has 1 aromatic carbocycles. The summed E-state index contributed by atoms with van der Waals surface area (Å²) in [5.74, 6) is 0.752. The van der Waals surface area contributed by atoms with Crippen LogP contribution in [0, 0.1) is 0 Å². The van der Waals surface area contributed by atoms with Gasteiger partial charge in [0.2, 0.25) is 0 Å². The maximum Gasteiger partial charge on any atom is 0.151 e. The fraction of sp³-hybridized carbons (Fsp3) is 0.409. The molecule has 2 aromatic heterocycles. The number of pyridine rings is 1. The summed E-state index contributed by atoms with van der Waals surface area (Å²) in [5.41, 5.74) is 1.91. The predicted octanol–water partition coefficient (Wildman–Crippen LogP) is 3.70. The molecule has 0 amide bonds. The molecule has 0 aliphatic heterocycles. The molecule has 2 N–H and O–H groups in total. The number of nitrogens with zero attached hydrogens (tertiary/aromatic N) is 4. The second kappa shape index (κ2) is 8.29. The van der Waals surface area contributed by atoms with Crippen LogP contribution in [-0.4, -0.2) is 52.6 Å². The third kappa shape index (κ3) is 4.00. The highest BCUT2D eigenvalue weighted by atomic mass is 19.1. The monoisotopic (exact) mass is 395 g/mol. The van der Waals surface area contributed by atoms with E-state index in [2.05, 4.69) is 20.5 Å². The van der Waals surface area contributed by atoms with E-state index in [-0.39, 0.29) is 11.8 Å². The zero-order chi connectivity index (χ0) is 20.4. The maximum absolute atomic E-state index is 14.7. The van der Waals surface area contributed by atoms with Gasteiger partial charge in [-0.15, -0.1) is 10.2 Å². The molecule has 0 unspecified atom stereocenters. The first kappa shape index (κ1) is 19.5. The highest BCUT2D eigenvalue weighted by molar-refractivity contribution is 5.87. The molecule has 0 saturated heterocycles. The summed E-state index contributed by atoms with van der Waals surface area (Å²) in [5, 5.41) is 23.2. The zero-order valence-corrected chi connectivity index (χ0v) is 16.7. The van der Waals surface area contributed by atoms with Gasteiger partial charge in [-0.1, -0.05) is 6.07 Å². The van der Waals surface area contributed by atoms with Crippen LogP contribution in [0.15, 0.2) is 42.6 Å². The second-order valence-corrected chi connectivity index (χ2v) is 7.69. The van der Waals surface area contributed by atoms with Gasteiger partial charge in [0.15, 0.2) is 5.82 Å². The number of phenols is 1. The molecule has 1 saturated carbocycles. The fourth-order valence-corrected chi connectivity index (χ4v) is 4.11. The van der Waals surface area contributed by atoms with Crippen molar-refractivity contribution in [3.8, 4) is 17.0 Å². The van der Waals surface area contributed by atoms with Crippen LogP contribution in [-0.2, 0) is 0 Å². The number of rotatable bonds is 4. The van der Waals surface area contributed by atoms with Crippen LogP contribution in [0.4, 0.5) is 10.2 Å². The number of alkyl halides is 1. The molecule has 4 rings (SSSR count). The first-order valence-electron chi connectivity index (χ1n) is 10.0. The number of halogens is 1. The van der Waals surface area contributed by atoms with Crippen molar-refractivity contribution in [1.82, 2.24) is 20.5 Å². The Morgan fingerprint density at radius 2 is 2.03 bits per heavy atom. The van der Waals surface area contributed by atoms with Gasteiger partial charge in [-0.3, -0.25) is 4.98 Å². The summed E-state index contributed by atoms with van der Waals surface area (Å²) in [7, 11) is 3.80. The van der Waals surface area contributed by atoms with Gasteiger partial charge >= 0.3 is 0 Å². The lowest BCUT2D eigenvalue weighted by Crippen LogP contribution is -2.43. The van der Waals surface area contributed by atoms with E-state index in [1.54, 1.807) is 18.3 Å². The Hall–Kier alpha value is -2.80. The number of phenolic OH excluding ortho intramolecular Hbond substituents is 1. The summed E-state index contributed by atoms with van der Waals surface area (Å²) >= 11 is 0. The number of aromatic hydroxyl groups is 1. The van der Waals surface area contributed by atoms with Crippen LogP contribution in [0.25, 0.3) is 22.2 Å². The minimum absolute atomic E-state index is 0.130. The Balaban J connectivity index is 1.59. The average Bonchev–Trinajstić information content (AvgIpc) is 2.94. The summed E-state index contributed by atoms with van der Waals surface area (Å²) in [4.78, 5) is 6.22. The van der Waals surface area contributed by atoms with Gasteiger partial charge in [-0.25, -0.2) is 4.39 Å². The van der Waals surface area contributed by atoms with Gasteiger partial charge < -0.3 is 15.3 Å². The molecule has 0 bridgehead atoms. The minimum Gasteiger partial charge on any atom is -0.507 e. The van der Waals surface area contributed by atoms with E-state index >= 15 is 0 Å². The van der Waals surface area contributed by atoms with Crippen molar-refractivity contribution < 1.29 is 9.50 Å². The summed E-state index contributed by atoms with van der Waals surface area (Å²) in [6.45, 7) is 0. The van der Waals surface area contributed by atoms with Crippen molar-refractivity contribution in [2.24, 2.45) is 0 Å². The van der Waals surface area contributed by atoms with Gasteiger partial charge in [0.05, 0.1) is 17.3 Å². The molecule has 29 heavy (non-hydrogen) atoms. The van der Waals surface area contributed by atoms with E-state index < -0.39 is 6.17 Å². The van der Waals surface area contributed by atoms with Crippen molar-refractivity contribution >= 4 is 16.7 Å². The van der Waals surface area contributed by atoms with E-state index in [4.69, 9.17) is 0 Å². The lowest BCUT2D eigenvalue weighted by molar-refractivity contribution is 0.257. The standard InChI is InChI=1S/C22H26FN5O/c1-24-15-6-3-7-17(23)20(12-15)28(2)22-9-8-18(26-27-22)16-13-19-14(11-21(16)29)5-4-10-25-19/h4-5,8-11,13,15,17,20,24,29H,3,6-7,12H2,1-2H3/t15-,17+,20-/m0/s1. The first-order valence-corrected chi connectivity index (χ1v) is 10.0. The molecule has 1 aliphatic rings. The van der Waals surface area contributed by atoms with E-state index in [1.807, 2.05) is 43.3 Å². The number of hydrogen-bond acceptors (Lipinski definition) is 6. The van der Waals surface area contributed by atoms with Crippen molar-refractivity contribution in [2.75, 3.05) is 19.0 Å². The van der Waals surface area contributed by atoms with Crippen LogP contribution in [0.2, 0.25) is 0 Å². The van der Waals surface area contributed by atoms with E-state index in [0.29, 0.717) is 29.5 Å². The molecule has 7 heteroatoms. The van der Waals surface area contributed by atoms with Gasteiger partial charge in [0.1, 0.15) is 11.9 Å². The number of nitrogens with one attached hydrogen (secondary N) is 1. The largest absolute Gasteiger partial charge is 0.507 e. The van der Waals surface area contributed by atoms with Crippen molar-refractivity contribution in [1.29, 1.82) is 0 Å². The van der Waals surface area contributed by atoms with E-state index in [0.717, 1.165) is 30.2 Å². The molecule has 3 aromatic rings. The topological polar surface area (TPSA) is 74.2 Å². The van der Waals surface area contributed by atoms with Gasteiger partial charge in [-0.2, -0.15) is 0 Å². The number of benzene rings is 1. The van der Waals surface area contributed by atoms with Crippen molar-refractivity contribution in [3.63, 3.8) is 0 Å². The van der Waals surface area contributed by atoms with Gasteiger partial charge in [-0.05, 0) is 63.1 Å².